The topological polar surface area (TPSA) is 43.6 Å². The highest BCUT2D eigenvalue weighted by Crippen LogP contribution is 2.29. The number of benzene rings is 1. The zero-order valence-electron chi connectivity index (χ0n) is 11.7. The molecule has 0 bridgehead atoms. The maximum Gasteiger partial charge on any atom is 0.204 e. The third-order valence-corrected chi connectivity index (χ3v) is 3.91. The van der Waals surface area contributed by atoms with E-state index in [4.69, 9.17) is 4.74 Å². The van der Waals surface area contributed by atoms with Gasteiger partial charge in [0.15, 0.2) is 4.96 Å². The number of nitrogens with zero attached hydrogens (tertiary/aromatic N) is 2. The predicted molar refractivity (Wildman–Crippen MR) is 84.2 cm³/mol. The van der Waals surface area contributed by atoms with Gasteiger partial charge >= 0.3 is 0 Å². The fraction of sp³-hybridized carbons (Fsp3) is 0.125. The molecule has 0 spiro atoms. The van der Waals surface area contributed by atoms with E-state index in [0.29, 0.717) is 11.4 Å². The Balaban J connectivity index is 2.23. The van der Waals surface area contributed by atoms with Crippen LogP contribution in [0.15, 0.2) is 48.0 Å². The summed E-state index contributed by atoms with van der Waals surface area (Å²) in [5.74, 6) is 0.689. The van der Waals surface area contributed by atoms with E-state index in [1.165, 1.54) is 11.3 Å². The van der Waals surface area contributed by atoms with Crippen LogP contribution < -0.4 is 4.74 Å². The Labute approximate surface area is 126 Å². The number of hydrogen-bond acceptors (Lipinski definition) is 4. The summed E-state index contributed by atoms with van der Waals surface area (Å²) in [6.07, 6.45) is 5.17. The molecule has 0 radical (unpaired) electrons. The van der Waals surface area contributed by atoms with Crippen LogP contribution in [0.1, 0.15) is 17.4 Å². The molecule has 0 amide bonds. The summed E-state index contributed by atoms with van der Waals surface area (Å²) in [5, 5.41) is 1.92. The number of imidazole rings is 1. The van der Waals surface area contributed by atoms with E-state index in [0.717, 1.165) is 16.3 Å². The first-order chi connectivity index (χ1) is 10.2. The number of ketones is 1. The second kappa shape index (κ2) is 5.54. The average Bonchev–Trinajstić information content (AvgIpc) is 3.07. The van der Waals surface area contributed by atoms with Crippen LogP contribution in [-0.4, -0.2) is 22.3 Å². The molecular weight excluding hydrogens is 284 g/mol. The van der Waals surface area contributed by atoms with Gasteiger partial charge in [0.25, 0.3) is 0 Å². The van der Waals surface area contributed by atoms with Crippen molar-refractivity contribution < 1.29 is 9.53 Å². The Kier molecular flexibility index (Phi) is 3.58. The summed E-state index contributed by atoms with van der Waals surface area (Å²) >= 11 is 1.51. The molecule has 0 aliphatic rings. The zero-order valence-corrected chi connectivity index (χ0v) is 12.6. The first kappa shape index (κ1) is 13.6. The summed E-state index contributed by atoms with van der Waals surface area (Å²) in [6.45, 7) is 1.83. The normalized spacial score (nSPS) is 11.3. The highest BCUT2D eigenvalue weighted by molar-refractivity contribution is 7.15. The minimum atomic E-state index is -0.0544. The van der Waals surface area contributed by atoms with Crippen molar-refractivity contribution in [1.29, 1.82) is 0 Å². The van der Waals surface area contributed by atoms with Crippen molar-refractivity contribution in [3.05, 3.63) is 53.7 Å². The molecule has 3 rings (SSSR count). The van der Waals surface area contributed by atoms with Crippen LogP contribution >= 0.6 is 11.3 Å². The summed E-state index contributed by atoms with van der Waals surface area (Å²) in [7, 11) is 1.62. The molecule has 106 valence electrons. The minimum absolute atomic E-state index is 0.0544. The molecular formula is C16H14N2O2S. The van der Waals surface area contributed by atoms with Gasteiger partial charge in [0.05, 0.1) is 7.11 Å². The molecule has 0 aliphatic carbocycles. The first-order valence-corrected chi connectivity index (χ1v) is 7.39. The molecule has 0 unspecified atom stereocenters. The molecule has 3 aromatic rings. The molecule has 1 aromatic carbocycles. The molecule has 0 saturated carbocycles. The summed E-state index contributed by atoms with van der Waals surface area (Å²) in [6, 6.07) is 7.58. The van der Waals surface area contributed by atoms with Crippen molar-refractivity contribution in [2.75, 3.05) is 7.11 Å². The van der Waals surface area contributed by atoms with Gasteiger partial charge in [-0.15, -0.1) is 11.3 Å². The van der Waals surface area contributed by atoms with Crippen molar-refractivity contribution in [1.82, 2.24) is 9.38 Å². The fourth-order valence-electron chi connectivity index (χ4n) is 2.22. The minimum Gasteiger partial charge on any atom is -0.497 e. The molecule has 0 aliphatic heterocycles. The molecule has 5 heteroatoms. The van der Waals surface area contributed by atoms with E-state index in [-0.39, 0.29) is 5.78 Å². The van der Waals surface area contributed by atoms with Crippen molar-refractivity contribution in [2.24, 2.45) is 0 Å². The van der Waals surface area contributed by atoms with Gasteiger partial charge in [0.2, 0.25) is 5.78 Å². The van der Waals surface area contributed by atoms with Crippen molar-refractivity contribution in [3.8, 4) is 17.0 Å². The Morgan fingerprint density at radius 1 is 1.43 bits per heavy atom. The van der Waals surface area contributed by atoms with Gasteiger partial charge in [-0.1, -0.05) is 18.2 Å². The molecule has 2 aromatic heterocycles. The van der Waals surface area contributed by atoms with E-state index < -0.39 is 0 Å². The Bertz CT molecular complexity index is 830. The maximum atomic E-state index is 12.4. The highest BCUT2D eigenvalue weighted by atomic mass is 32.1. The zero-order chi connectivity index (χ0) is 14.8. The number of ether oxygens (including phenoxy) is 1. The molecule has 0 atom stereocenters. The van der Waals surface area contributed by atoms with Crippen LogP contribution in [0.2, 0.25) is 0 Å². The van der Waals surface area contributed by atoms with Crippen LogP contribution in [0, 0.1) is 0 Å². The van der Waals surface area contributed by atoms with Gasteiger partial charge in [-0.05, 0) is 25.1 Å². The van der Waals surface area contributed by atoms with Crippen molar-refractivity contribution in [2.45, 2.75) is 6.92 Å². The molecule has 21 heavy (non-hydrogen) atoms. The average molecular weight is 298 g/mol. The largest absolute Gasteiger partial charge is 0.497 e. The lowest BCUT2D eigenvalue weighted by Crippen LogP contribution is -2.01. The number of rotatable bonds is 4. The van der Waals surface area contributed by atoms with Crippen LogP contribution in [0.4, 0.5) is 0 Å². The van der Waals surface area contributed by atoms with Crippen molar-refractivity contribution >= 4 is 22.1 Å². The predicted octanol–water partition coefficient (Wildman–Crippen LogP) is 3.83. The number of thiazole rings is 1. The third kappa shape index (κ3) is 2.36. The summed E-state index contributed by atoms with van der Waals surface area (Å²) in [5.41, 5.74) is 2.14. The number of methoxy groups -OCH3 is 1. The van der Waals surface area contributed by atoms with E-state index in [1.807, 2.05) is 47.2 Å². The quantitative estimate of drug-likeness (QED) is 0.543. The van der Waals surface area contributed by atoms with Crippen LogP contribution in [0.3, 0.4) is 0 Å². The van der Waals surface area contributed by atoms with E-state index in [1.54, 1.807) is 19.3 Å². The molecule has 0 N–H and O–H groups in total. The number of allylic oxidation sites excluding steroid dienone is 2. The highest BCUT2D eigenvalue weighted by Gasteiger charge is 2.19. The summed E-state index contributed by atoms with van der Waals surface area (Å²) < 4.78 is 7.08. The number of carbonyl (C=O) groups is 1. The molecule has 4 nitrogen and oxygen atoms in total. The smallest absolute Gasteiger partial charge is 0.204 e. The lowest BCUT2D eigenvalue weighted by atomic mass is 10.1. The second-order valence-electron chi connectivity index (χ2n) is 4.46. The molecule has 0 saturated heterocycles. The van der Waals surface area contributed by atoms with E-state index in [9.17, 15) is 4.79 Å². The van der Waals surface area contributed by atoms with Crippen LogP contribution in [-0.2, 0) is 0 Å². The third-order valence-electron chi connectivity index (χ3n) is 3.16. The second-order valence-corrected chi connectivity index (χ2v) is 5.33. The van der Waals surface area contributed by atoms with Crippen LogP contribution in [0.25, 0.3) is 16.2 Å². The van der Waals surface area contributed by atoms with Gasteiger partial charge in [0, 0.05) is 17.1 Å². The molecule has 0 fully saturated rings. The number of carbonyl (C=O) groups excluding carboxylic acids is 1. The number of hydrogen-bond donors (Lipinski definition) is 0. The van der Waals surface area contributed by atoms with Gasteiger partial charge in [-0.3, -0.25) is 9.20 Å². The van der Waals surface area contributed by atoms with Gasteiger partial charge in [-0.2, -0.15) is 0 Å². The lowest BCUT2D eigenvalue weighted by Gasteiger charge is -2.04. The standard InChI is InChI=1S/C16H14N2O2S/c1-3-5-13(19)15-14(17-16-18(15)8-9-21-16)11-6-4-7-12(10-11)20-2/h3-10H,1-2H3/b5-3+. The van der Waals surface area contributed by atoms with Gasteiger partial charge in [0.1, 0.15) is 17.1 Å². The van der Waals surface area contributed by atoms with E-state index >= 15 is 0 Å². The van der Waals surface area contributed by atoms with E-state index in [2.05, 4.69) is 4.98 Å². The Hall–Kier alpha value is -2.40. The van der Waals surface area contributed by atoms with Crippen molar-refractivity contribution in [3.63, 3.8) is 0 Å². The fourth-order valence-corrected chi connectivity index (χ4v) is 2.94. The number of aromatic nitrogens is 2. The SMILES string of the molecule is C/C=C/C(=O)c1c(-c2cccc(OC)c2)nc2sccn12. The van der Waals surface area contributed by atoms with Gasteiger partial charge < -0.3 is 4.74 Å². The Morgan fingerprint density at radius 3 is 3.05 bits per heavy atom. The maximum absolute atomic E-state index is 12.4. The van der Waals surface area contributed by atoms with Crippen LogP contribution in [0.5, 0.6) is 5.75 Å². The summed E-state index contributed by atoms with van der Waals surface area (Å²) in [4.78, 5) is 17.8. The first-order valence-electron chi connectivity index (χ1n) is 6.51. The Morgan fingerprint density at radius 2 is 2.29 bits per heavy atom. The van der Waals surface area contributed by atoms with Gasteiger partial charge in [-0.25, -0.2) is 4.98 Å². The number of fused-ring (bicyclic) bond motifs is 1. The lowest BCUT2D eigenvalue weighted by molar-refractivity contribution is 0.104. The monoisotopic (exact) mass is 298 g/mol. The molecule has 2 heterocycles.